The number of ether oxygens (including phenoxy) is 2. The molecule has 7 atom stereocenters. The number of carbonyl (C=O) groups excluding carboxylic acids is 1. The minimum atomic E-state index is -1.59. The SMILES string of the molecule is CC/C=C\C/C=C\C/C=C\C/C=C\C/C=C\C/C=C\C/C=C\C/C=C\CCCCC(=O)NC(COC1OC(CO)C(O)C(O)C1O)C(O)/C=C/CC/C=C/CCCCCCCCCCCCCCCCCCCCC. The van der Waals surface area contributed by atoms with Crippen LogP contribution in [0.2, 0.25) is 0 Å². The molecule has 428 valence electrons. The summed E-state index contributed by atoms with van der Waals surface area (Å²) in [6.45, 7) is 3.63. The molecule has 1 aliphatic heterocycles. The Kier molecular flexibility index (Phi) is 50.1. The van der Waals surface area contributed by atoms with Crippen molar-refractivity contribution in [3.8, 4) is 0 Å². The van der Waals surface area contributed by atoms with Crippen molar-refractivity contribution >= 4 is 5.91 Å². The van der Waals surface area contributed by atoms with Crippen molar-refractivity contribution in [1.29, 1.82) is 0 Å². The lowest BCUT2D eigenvalue weighted by Crippen LogP contribution is -2.60. The zero-order valence-corrected chi connectivity index (χ0v) is 47.5. The van der Waals surface area contributed by atoms with Crippen LogP contribution in [0.15, 0.2) is 122 Å². The summed E-state index contributed by atoms with van der Waals surface area (Å²) in [4.78, 5) is 13.1. The normalized spacial score (nSPS) is 19.8. The summed E-state index contributed by atoms with van der Waals surface area (Å²) >= 11 is 0. The van der Waals surface area contributed by atoms with E-state index in [0.29, 0.717) is 6.42 Å². The first-order chi connectivity index (χ1) is 36.8. The summed E-state index contributed by atoms with van der Waals surface area (Å²) in [5.74, 6) is -0.232. The van der Waals surface area contributed by atoms with Crippen LogP contribution in [0.1, 0.15) is 232 Å². The first-order valence-corrected chi connectivity index (χ1v) is 30.3. The van der Waals surface area contributed by atoms with Gasteiger partial charge in [0, 0.05) is 6.42 Å². The van der Waals surface area contributed by atoms with Gasteiger partial charge in [-0.1, -0.05) is 251 Å². The molecule has 0 aromatic heterocycles. The molecule has 1 rings (SSSR count). The predicted octanol–water partition coefficient (Wildman–Crippen LogP) is 15.5. The topological polar surface area (TPSA) is 149 Å². The van der Waals surface area contributed by atoms with Crippen molar-refractivity contribution in [2.24, 2.45) is 0 Å². The Bertz CT molecular complexity index is 1590. The van der Waals surface area contributed by atoms with Gasteiger partial charge in [-0.25, -0.2) is 0 Å². The zero-order chi connectivity index (χ0) is 54.3. The molecule has 1 heterocycles. The lowest BCUT2D eigenvalue weighted by molar-refractivity contribution is -0.302. The van der Waals surface area contributed by atoms with Crippen LogP contribution in [-0.2, 0) is 14.3 Å². The van der Waals surface area contributed by atoms with Crippen molar-refractivity contribution in [3.05, 3.63) is 122 Å². The van der Waals surface area contributed by atoms with Gasteiger partial charge >= 0.3 is 0 Å². The van der Waals surface area contributed by atoms with E-state index in [1.807, 2.05) is 6.08 Å². The molecule has 6 N–H and O–H groups in total. The average Bonchev–Trinajstić information content (AvgIpc) is 3.41. The van der Waals surface area contributed by atoms with Gasteiger partial charge in [0.1, 0.15) is 24.4 Å². The molecule has 0 saturated carbocycles. The molecule has 1 saturated heterocycles. The van der Waals surface area contributed by atoms with Gasteiger partial charge in [0.05, 0.1) is 25.4 Å². The third-order valence-corrected chi connectivity index (χ3v) is 13.5. The second-order valence-electron chi connectivity index (χ2n) is 20.4. The molecule has 0 spiro atoms. The molecule has 1 amide bonds. The van der Waals surface area contributed by atoms with Gasteiger partial charge in [-0.05, 0) is 96.3 Å². The van der Waals surface area contributed by atoms with Crippen molar-refractivity contribution in [2.75, 3.05) is 13.2 Å². The van der Waals surface area contributed by atoms with Crippen LogP contribution < -0.4 is 5.32 Å². The van der Waals surface area contributed by atoms with Crippen molar-refractivity contribution in [3.63, 3.8) is 0 Å². The van der Waals surface area contributed by atoms with Crippen LogP contribution >= 0.6 is 0 Å². The van der Waals surface area contributed by atoms with Crippen molar-refractivity contribution < 1.29 is 39.8 Å². The van der Waals surface area contributed by atoms with Crippen molar-refractivity contribution in [2.45, 2.75) is 275 Å². The summed E-state index contributed by atoms with van der Waals surface area (Å²) in [6.07, 6.45) is 74.1. The highest BCUT2D eigenvalue weighted by atomic mass is 16.7. The molecule has 1 fully saturated rings. The van der Waals surface area contributed by atoms with Crippen LogP contribution in [0, 0.1) is 0 Å². The molecule has 0 aromatic carbocycles. The molecule has 0 bridgehead atoms. The molecule has 1 aliphatic rings. The largest absolute Gasteiger partial charge is 0.394 e. The fraction of sp³-hybridized carbons (Fsp3) is 0.682. The van der Waals surface area contributed by atoms with Gasteiger partial charge in [0.25, 0.3) is 0 Å². The molecule has 0 aromatic rings. The maximum absolute atomic E-state index is 13.1. The number of allylic oxidation sites excluding steroid dienone is 19. The Hall–Kier alpha value is -3.41. The minimum absolute atomic E-state index is 0.227. The average molecular weight is 1050 g/mol. The van der Waals surface area contributed by atoms with Gasteiger partial charge in [0.2, 0.25) is 5.91 Å². The van der Waals surface area contributed by atoms with Gasteiger partial charge in [-0.15, -0.1) is 0 Å². The monoisotopic (exact) mass is 1050 g/mol. The standard InChI is InChI=1S/C66H111NO8/c1-3-5-7-9-11-13-15-17-19-21-23-25-27-29-30-32-34-36-38-40-42-44-46-48-50-52-54-56-62(70)67-59(58-74-66-65(73)64(72)63(71)61(57-68)75-66)60(69)55-53-51-49-47-45-43-41-39-37-35-33-31-28-26-24-22-20-18-16-14-12-10-8-6-4-2/h5,7,11,13,17,19,23,25,29-30,34,36,40,42,45-48,53,55,59-61,63-66,68-69,71-73H,3-4,6,8-10,12,14-16,18,20-22,24,26-28,31-33,35,37-39,41,43-44,49-52,54,56-58H2,1-2H3,(H,67,70)/b7-5-,13-11-,19-17-,25-23-,30-29-,36-34-,42-40-,47-45+,48-46-,55-53+. The Morgan fingerprint density at radius 2 is 0.840 bits per heavy atom. The van der Waals surface area contributed by atoms with Crippen LogP contribution in [0.3, 0.4) is 0 Å². The number of aliphatic hydroxyl groups is 5. The summed E-state index contributed by atoms with van der Waals surface area (Å²) in [7, 11) is 0. The highest BCUT2D eigenvalue weighted by Gasteiger charge is 2.44. The fourth-order valence-corrected chi connectivity index (χ4v) is 8.78. The lowest BCUT2D eigenvalue weighted by Gasteiger charge is -2.40. The molecule has 75 heavy (non-hydrogen) atoms. The Morgan fingerprint density at radius 3 is 1.28 bits per heavy atom. The number of hydrogen-bond acceptors (Lipinski definition) is 8. The van der Waals surface area contributed by atoms with E-state index in [2.05, 4.69) is 129 Å². The molecular weight excluding hydrogens is 935 g/mol. The van der Waals surface area contributed by atoms with E-state index in [1.54, 1.807) is 6.08 Å². The van der Waals surface area contributed by atoms with E-state index < -0.39 is 49.5 Å². The number of nitrogens with one attached hydrogen (secondary N) is 1. The van der Waals surface area contributed by atoms with Gasteiger partial charge in [-0.3, -0.25) is 4.79 Å². The highest BCUT2D eigenvalue weighted by Crippen LogP contribution is 2.23. The summed E-state index contributed by atoms with van der Waals surface area (Å²) in [5, 5.41) is 54.5. The Morgan fingerprint density at radius 1 is 0.467 bits per heavy atom. The second kappa shape index (κ2) is 54.0. The molecule has 9 nitrogen and oxygen atoms in total. The molecule has 0 aliphatic carbocycles. The van der Waals surface area contributed by atoms with E-state index in [1.165, 1.54) is 122 Å². The number of rotatable bonds is 50. The summed E-state index contributed by atoms with van der Waals surface area (Å²) in [5.41, 5.74) is 0. The van der Waals surface area contributed by atoms with Gasteiger partial charge in [0.15, 0.2) is 6.29 Å². The first kappa shape index (κ1) is 69.6. The maximum Gasteiger partial charge on any atom is 0.220 e. The summed E-state index contributed by atoms with van der Waals surface area (Å²) < 4.78 is 11.2. The number of aliphatic hydroxyl groups excluding tert-OH is 5. The molecular formula is C66H111NO8. The quantitative estimate of drug-likeness (QED) is 0.0261. The third kappa shape index (κ3) is 43.3. The maximum atomic E-state index is 13.1. The van der Waals surface area contributed by atoms with Crippen LogP contribution in [0.5, 0.6) is 0 Å². The van der Waals surface area contributed by atoms with Crippen molar-refractivity contribution in [1.82, 2.24) is 5.32 Å². The predicted molar refractivity (Wildman–Crippen MR) is 317 cm³/mol. The van der Waals surface area contributed by atoms with Gasteiger partial charge in [-0.2, -0.15) is 0 Å². The highest BCUT2D eigenvalue weighted by molar-refractivity contribution is 5.76. The zero-order valence-electron chi connectivity index (χ0n) is 47.5. The lowest BCUT2D eigenvalue weighted by atomic mass is 9.99. The van der Waals surface area contributed by atoms with E-state index >= 15 is 0 Å². The minimum Gasteiger partial charge on any atom is -0.394 e. The Labute approximate surface area is 458 Å². The summed E-state index contributed by atoms with van der Waals surface area (Å²) in [6, 6.07) is -0.856. The molecule has 7 unspecified atom stereocenters. The third-order valence-electron chi connectivity index (χ3n) is 13.5. The van der Waals surface area contributed by atoms with E-state index in [4.69, 9.17) is 9.47 Å². The van der Waals surface area contributed by atoms with Crippen LogP contribution in [0.4, 0.5) is 0 Å². The number of hydrogen-bond donors (Lipinski definition) is 6. The van der Waals surface area contributed by atoms with E-state index in [0.717, 1.165) is 83.5 Å². The second-order valence-corrected chi connectivity index (χ2v) is 20.4. The Balaban J connectivity index is 2.30. The number of unbranched alkanes of at least 4 members (excludes halogenated alkanes) is 22. The number of amides is 1. The van der Waals surface area contributed by atoms with E-state index in [9.17, 15) is 30.3 Å². The van der Waals surface area contributed by atoms with Crippen LogP contribution in [-0.4, -0.2) is 87.5 Å². The smallest absolute Gasteiger partial charge is 0.220 e. The molecule has 0 radical (unpaired) electrons. The van der Waals surface area contributed by atoms with E-state index in [-0.39, 0.29) is 18.9 Å². The molecule has 9 heteroatoms. The first-order valence-electron chi connectivity index (χ1n) is 30.3. The number of carbonyl (C=O) groups is 1. The van der Waals surface area contributed by atoms with Crippen LogP contribution in [0.25, 0.3) is 0 Å². The fourth-order valence-electron chi connectivity index (χ4n) is 8.78. The van der Waals surface area contributed by atoms with Gasteiger partial charge < -0.3 is 40.3 Å².